The molecule has 0 bridgehead atoms. The van der Waals surface area contributed by atoms with Crippen molar-refractivity contribution in [1.82, 2.24) is 9.97 Å². The SMILES string of the molecule is CCNc1cc(C(F)(F)F)cc2c1Cc1ncc(-c3cncc(C#N)c3)c(N3CCC(N)C3)c1-2. The maximum atomic E-state index is 13.8. The summed E-state index contributed by atoms with van der Waals surface area (Å²) < 4.78 is 41.5. The zero-order valence-electron chi connectivity index (χ0n) is 18.6. The highest BCUT2D eigenvalue weighted by atomic mass is 19.4. The molecule has 1 aromatic carbocycles. The van der Waals surface area contributed by atoms with Crippen LogP contribution in [0.4, 0.5) is 24.5 Å². The Morgan fingerprint density at radius 2 is 2.03 bits per heavy atom. The molecule has 6 nitrogen and oxygen atoms in total. The van der Waals surface area contributed by atoms with Gasteiger partial charge in [0.1, 0.15) is 6.07 Å². The van der Waals surface area contributed by atoms with Gasteiger partial charge in [0, 0.05) is 73.1 Å². The van der Waals surface area contributed by atoms with Gasteiger partial charge in [0.25, 0.3) is 0 Å². The van der Waals surface area contributed by atoms with E-state index in [4.69, 9.17) is 5.73 Å². The molecule has 1 aliphatic heterocycles. The highest BCUT2D eigenvalue weighted by molar-refractivity contribution is 5.97. The number of halogens is 3. The minimum absolute atomic E-state index is 0.0278. The molecule has 174 valence electrons. The minimum atomic E-state index is -4.48. The lowest BCUT2D eigenvalue weighted by atomic mass is 9.96. The van der Waals surface area contributed by atoms with Crippen LogP contribution >= 0.6 is 0 Å². The number of nitriles is 1. The number of benzene rings is 1. The molecule has 1 saturated heterocycles. The van der Waals surface area contributed by atoms with E-state index in [-0.39, 0.29) is 6.04 Å². The first-order valence-electron chi connectivity index (χ1n) is 11.2. The number of pyridine rings is 2. The number of nitrogens with zero attached hydrogens (tertiary/aromatic N) is 4. The van der Waals surface area contributed by atoms with E-state index in [1.807, 2.05) is 6.92 Å². The maximum absolute atomic E-state index is 13.8. The van der Waals surface area contributed by atoms with Gasteiger partial charge in [-0.15, -0.1) is 0 Å². The van der Waals surface area contributed by atoms with Crippen molar-refractivity contribution >= 4 is 11.4 Å². The number of alkyl halides is 3. The fourth-order valence-corrected chi connectivity index (χ4v) is 4.90. The Labute approximate surface area is 195 Å². The van der Waals surface area contributed by atoms with Crippen molar-refractivity contribution in [3.05, 3.63) is 59.2 Å². The maximum Gasteiger partial charge on any atom is 0.416 e. The van der Waals surface area contributed by atoms with E-state index in [0.29, 0.717) is 54.0 Å². The summed E-state index contributed by atoms with van der Waals surface area (Å²) in [5, 5.41) is 12.5. The second kappa shape index (κ2) is 8.29. The molecule has 0 spiro atoms. The molecule has 0 amide bonds. The lowest BCUT2D eigenvalue weighted by molar-refractivity contribution is -0.137. The van der Waals surface area contributed by atoms with Crippen molar-refractivity contribution in [3.63, 3.8) is 0 Å². The van der Waals surface area contributed by atoms with E-state index in [0.717, 1.165) is 28.9 Å². The molecule has 1 fully saturated rings. The summed E-state index contributed by atoms with van der Waals surface area (Å²) in [6, 6.07) is 6.21. The van der Waals surface area contributed by atoms with Crippen molar-refractivity contribution < 1.29 is 13.2 Å². The molecular weight excluding hydrogens is 441 g/mol. The Hall–Kier alpha value is -3.64. The summed E-state index contributed by atoms with van der Waals surface area (Å²) in [6.07, 6.45) is 1.60. The standard InChI is InChI=1S/C25H23F3N6/c1-2-32-21-7-16(25(26,27)28)6-19-18(21)8-22-23(19)24(34-4-3-17(30)13-34)20(12-33-22)15-5-14(9-29)10-31-11-15/h5-7,10-12,17,32H,2-4,8,13,30H2,1H3. The van der Waals surface area contributed by atoms with Gasteiger partial charge < -0.3 is 16.0 Å². The van der Waals surface area contributed by atoms with Crippen LogP contribution in [0.2, 0.25) is 0 Å². The lowest BCUT2D eigenvalue weighted by Crippen LogP contribution is -2.27. The zero-order valence-corrected chi connectivity index (χ0v) is 18.6. The van der Waals surface area contributed by atoms with Crippen LogP contribution in [0.5, 0.6) is 0 Å². The Morgan fingerprint density at radius 1 is 1.21 bits per heavy atom. The van der Waals surface area contributed by atoms with Crippen LogP contribution in [0.3, 0.4) is 0 Å². The van der Waals surface area contributed by atoms with Crippen LogP contribution in [0, 0.1) is 11.3 Å². The van der Waals surface area contributed by atoms with Crippen LogP contribution in [0.1, 0.15) is 35.7 Å². The van der Waals surface area contributed by atoms with Gasteiger partial charge in [-0.05, 0) is 42.7 Å². The van der Waals surface area contributed by atoms with Gasteiger partial charge in [0.15, 0.2) is 0 Å². The predicted molar refractivity (Wildman–Crippen MR) is 124 cm³/mol. The smallest absolute Gasteiger partial charge is 0.385 e. The number of anilines is 2. The number of aromatic nitrogens is 2. The molecule has 9 heteroatoms. The number of nitrogens with one attached hydrogen (secondary N) is 1. The number of hydrogen-bond donors (Lipinski definition) is 2. The van der Waals surface area contributed by atoms with E-state index in [9.17, 15) is 18.4 Å². The molecule has 3 aromatic rings. The van der Waals surface area contributed by atoms with Crippen LogP contribution in [-0.2, 0) is 12.6 Å². The Bertz CT molecular complexity index is 1310. The Kier molecular flexibility index (Phi) is 5.41. The first-order valence-corrected chi connectivity index (χ1v) is 11.2. The molecule has 1 atom stereocenters. The topological polar surface area (TPSA) is 90.9 Å². The molecule has 3 N–H and O–H groups in total. The van der Waals surface area contributed by atoms with E-state index in [1.54, 1.807) is 18.5 Å². The molecule has 5 rings (SSSR count). The molecule has 0 saturated carbocycles. The predicted octanol–water partition coefficient (Wildman–Crippen LogP) is 4.57. The van der Waals surface area contributed by atoms with Crippen LogP contribution < -0.4 is 16.0 Å². The first kappa shape index (κ1) is 22.2. The molecule has 1 aliphatic carbocycles. The highest BCUT2D eigenvalue weighted by Crippen LogP contribution is 2.50. The Balaban J connectivity index is 1.79. The number of fused-ring (bicyclic) bond motifs is 3. The summed E-state index contributed by atoms with van der Waals surface area (Å²) in [4.78, 5) is 11.0. The van der Waals surface area contributed by atoms with E-state index < -0.39 is 11.7 Å². The fourth-order valence-electron chi connectivity index (χ4n) is 4.90. The highest BCUT2D eigenvalue weighted by Gasteiger charge is 2.37. The van der Waals surface area contributed by atoms with Crippen molar-refractivity contribution in [2.45, 2.75) is 32.0 Å². The van der Waals surface area contributed by atoms with Crippen molar-refractivity contribution in [2.24, 2.45) is 5.73 Å². The number of nitrogens with two attached hydrogens (primary N) is 1. The van der Waals surface area contributed by atoms with Crippen molar-refractivity contribution in [3.8, 4) is 28.3 Å². The van der Waals surface area contributed by atoms with E-state index in [2.05, 4.69) is 26.3 Å². The van der Waals surface area contributed by atoms with Gasteiger partial charge in [-0.2, -0.15) is 18.4 Å². The first-order chi connectivity index (χ1) is 16.3. The lowest BCUT2D eigenvalue weighted by Gasteiger charge is -2.25. The van der Waals surface area contributed by atoms with Gasteiger partial charge in [-0.1, -0.05) is 0 Å². The average molecular weight is 464 g/mol. The largest absolute Gasteiger partial charge is 0.416 e. The molecule has 1 unspecified atom stereocenters. The molecule has 2 aromatic heterocycles. The number of hydrogen-bond acceptors (Lipinski definition) is 6. The van der Waals surface area contributed by atoms with E-state index in [1.165, 1.54) is 18.3 Å². The molecule has 34 heavy (non-hydrogen) atoms. The van der Waals surface area contributed by atoms with Crippen LogP contribution in [0.15, 0.2) is 36.8 Å². The molecular formula is C25H23F3N6. The molecule has 3 heterocycles. The van der Waals surface area contributed by atoms with Gasteiger partial charge in [-0.25, -0.2) is 0 Å². The summed E-state index contributed by atoms with van der Waals surface area (Å²) >= 11 is 0. The minimum Gasteiger partial charge on any atom is -0.385 e. The van der Waals surface area contributed by atoms with Gasteiger partial charge >= 0.3 is 6.18 Å². The quantitative estimate of drug-likeness (QED) is 0.460. The second-order valence-corrected chi connectivity index (χ2v) is 8.67. The summed E-state index contributed by atoms with van der Waals surface area (Å²) in [6.45, 7) is 3.63. The summed E-state index contributed by atoms with van der Waals surface area (Å²) in [5.74, 6) is 0. The summed E-state index contributed by atoms with van der Waals surface area (Å²) in [5.41, 5.74) is 11.4. The third-order valence-electron chi connectivity index (χ3n) is 6.41. The zero-order chi connectivity index (χ0) is 24.0. The van der Waals surface area contributed by atoms with Crippen molar-refractivity contribution in [1.29, 1.82) is 5.26 Å². The third-order valence-corrected chi connectivity index (χ3v) is 6.41. The second-order valence-electron chi connectivity index (χ2n) is 8.67. The molecule has 2 aliphatic rings. The third kappa shape index (κ3) is 3.74. The van der Waals surface area contributed by atoms with Gasteiger partial charge in [0.05, 0.1) is 22.5 Å². The Morgan fingerprint density at radius 3 is 2.71 bits per heavy atom. The van der Waals surface area contributed by atoms with Gasteiger partial charge in [0.2, 0.25) is 0 Å². The van der Waals surface area contributed by atoms with Gasteiger partial charge in [-0.3, -0.25) is 9.97 Å². The van der Waals surface area contributed by atoms with Crippen molar-refractivity contribution in [2.75, 3.05) is 29.9 Å². The monoisotopic (exact) mass is 464 g/mol. The van der Waals surface area contributed by atoms with Crippen LogP contribution in [0.25, 0.3) is 22.3 Å². The summed E-state index contributed by atoms with van der Waals surface area (Å²) in [7, 11) is 0. The van der Waals surface area contributed by atoms with Crippen LogP contribution in [-0.4, -0.2) is 35.6 Å². The normalized spacial score (nSPS) is 16.8. The fraction of sp³-hybridized carbons (Fsp3) is 0.320. The van der Waals surface area contributed by atoms with E-state index >= 15 is 0 Å². The average Bonchev–Trinajstić information content (AvgIpc) is 3.41. The molecule has 0 radical (unpaired) electrons. The number of rotatable bonds is 4.